The molecule has 2 N–H and O–H groups in total. The Morgan fingerprint density at radius 1 is 1.21 bits per heavy atom. The molecule has 1 atom stereocenters. The predicted molar refractivity (Wildman–Crippen MR) is 122 cm³/mol. The van der Waals surface area contributed by atoms with Crippen molar-refractivity contribution in [2.24, 2.45) is 11.8 Å². The molecular formula is C23H36BrN3O2. The fourth-order valence-corrected chi connectivity index (χ4v) is 5.19. The molecule has 0 radical (unpaired) electrons. The van der Waals surface area contributed by atoms with E-state index in [2.05, 4.69) is 43.6 Å². The number of carbonyl (C=O) groups excluding carboxylic acids is 1. The Morgan fingerprint density at radius 3 is 2.72 bits per heavy atom. The van der Waals surface area contributed by atoms with Crippen molar-refractivity contribution >= 4 is 22.0 Å². The molecule has 0 aromatic heterocycles. The summed E-state index contributed by atoms with van der Waals surface area (Å²) in [5, 5.41) is 5.94. The van der Waals surface area contributed by atoms with Gasteiger partial charge in [-0.25, -0.2) is 4.79 Å². The third kappa shape index (κ3) is 6.88. The lowest BCUT2D eigenvalue weighted by Gasteiger charge is -2.30. The number of halogens is 1. The van der Waals surface area contributed by atoms with Gasteiger partial charge in [0, 0.05) is 23.6 Å². The standard InChI is InChI=1S/C23H36BrN3O2/c1-3-25-23(28)26-20-6-4-17(5-7-20)10-12-27-13-11-18(16-27)14-19-15-21(29-2)8-9-22(19)24/h8-9,15,17-18,20H,3-7,10-14,16H2,1-2H3,(H2,25,26,28). The maximum atomic E-state index is 11.7. The number of carbonyl (C=O) groups is 1. The van der Waals surface area contributed by atoms with Gasteiger partial charge in [0.05, 0.1) is 7.11 Å². The molecule has 1 saturated carbocycles. The first-order chi connectivity index (χ1) is 14.1. The zero-order valence-electron chi connectivity index (χ0n) is 17.9. The molecule has 6 heteroatoms. The Balaban J connectivity index is 1.35. The lowest BCUT2D eigenvalue weighted by Crippen LogP contribution is -2.43. The Bertz CT molecular complexity index is 662. The van der Waals surface area contributed by atoms with Crippen LogP contribution in [0.15, 0.2) is 22.7 Å². The quantitative estimate of drug-likeness (QED) is 0.589. The molecule has 1 unspecified atom stereocenters. The van der Waals surface area contributed by atoms with E-state index in [1.54, 1.807) is 7.11 Å². The second-order valence-electron chi connectivity index (χ2n) is 8.63. The Labute approximate surface area is 184 Å². The summed E-state index contributed by atoms with van der Waals surface area (Å²) in [6, 6.07) is 6.62. The molecule has 1 aliphatic heterocycles. The highest BCUT2D eigenvalue weighted by Gasteiger charge is 2.26. The van der Waals surface area contributed by atoms with Gasteiger partial charge in [-0.05, 0) is 101 Å². The highest BCUT2D eigenvalue weighted by molar-refractivity contribution is 9.10. The summed E-state index contributed by atoms with van der Waals surface area (Å²) in [7, 11) is 1.73. The first-order valence-corrected chi connectivity index (χ1v) is 12.0. The van der Waals surface area contributed by atoms with Gasteiger partial charge < -0.3 is 20.3 Å². The van der Waals surface area contributed by atoms with Crippen LogP contribution in [0.25, 0.3) is 0 Å². The van der Waals surface area contributed by atoms with Gasteiger partial charge in [0.15, 0.2) is 0 Å². The van der Waals surface area contributed by atoms with Crippen LogP contribution in [0.2, 0.25) is 0 Å². The van der Waals surface area contributed by atoms with Crippen LogP contribution < -0.4 is 15.4 Å². The minimum Gasteiger partial charge on any atom is -0.497 e. The SMILES string of the molecule is CCNC(=O)NC1CCC(CCN2CCC(Cc3cc(OC)ccc3Br)C2)CC1. The molecule has 2 aliphatic rings. The molecule has 162 valence electrons. The average molecular weight is 466 g/mol. The zero-order valence-corrected chi connectivity index (χ0v) is 19.5. The van der Waals surface area contributed by atoms with Crippen LogP contribution in [0, 0.1) is 11.8 Å². The Morgan fingerprint density at radius 2 is 2.00 bits per heavy atom. The Hall–Kier alpha value is -1.27. The van der Waals surface area contributed by atoms with Crippen LogP contribution in [0.1, 0.15) is 51.0 Å². The third-order valence-corrected chi connectivity index (χ3v) is 7.28. The fraction of sp³-hybridized carbons (Fsp3) is 0.696. The number of likely N-dealkylation sites (tertiary alicyclic amines) is 1. The van der Waals surface area contributed by atoms with Gasteiger partial charge in [0.25, 0.3) is 0 Å². The van der Waals surface area contributed by atoms with E-state index < -0.39 is 0 Å². The van der Waals surface area contributed by atoms with Gasteiger partial charge in [0.2, 0.25) is 0 Å². The smallest absolute Gasteiger partial charge is 0.314 e. The number of urea groups is 1. The number of ether oxygens (including phenoxy) is 1. The monoisotopic (exact) mass is 465 g/mol. The van der Waals surface area contributed by atoms with Crippen LogP contribution in [-0.2, 0) is 6.42 Å². The van der Waals surface area contributed by atoms with Crippen molar-refractivity contribution in [3.8, 4) is 5.75 Å². The summed E-state index contributed by atoms with van der Waals surface area (Å²) in [6.07, 6.45) is 8.42. The molecule has 2 fully saturated rings. The first kappa shape index (κ1) is 22.4. The van der Waals surface area contributed by atoms with Gasteiger partial charge in [0.1, 0.15) is 5.75 Å². The number of amides is 2. The molecule has 1 aromatic rings. The summed E-state index contributed by atoms with van der Waals surface area (Å²) in [4.78, 5) is 14.3. The van der Waals surface area contributed by atoms with Gasteiger partial charge in [-0.15, -0.1) is 0 Å². The third-order valence-electron chi connectivity index (χ3n) is 6.50. The largest absolute Gasteiger partial charge is 0.497 e. The maximum Gasteiger partial charge on any atom is 0.314 e. The number of nitrogens with one attached hydrogen (secondary N) is 2. The van der Waals surface area contributed by atoms with Gasteiger partial charge in [-0.1, -0.05) is 15.9 Å². The molecule has 1 saturated heterocycles. The van der Waals surface area contributed by atoms with Crippen molar-refractivity contribution in [2.45, 2.75) is 57.9 Å². The predicted octanol–water partition coefficient (Wildman–Crippen LogP) is 4.59. The van der Waals surface area contributed by atoms with Crippen molar-refractivity contribution in [1.82, 2.24) is 15.5 Å². The molecule has 3 rings (SSSR count). The summed E-state index contributed by atoms with van der Waals surface area (Å²) in [5.41, 5.74) is 1.36. The lowest BCUT2D eigenvalue weighted by molar-refractivity contribution is 0.218. The Kier molecular flexibility index (Phi) is 8.67. The van der Waals surface area contributed by atoms with Gasteiger partial charge >= 0.3 is 6.03 Å². The van der Waals surface area contributed by atoms with Crippen molar-refractivity contribution in [3.63, 3.8) is 0 Å². The molecule has 1 aliphatic carbocycles. The summed E-state index contributed by atoms with van der Waals surface area (Å²) in [5.74, 6) is 2.49. The van der Waals surface area contributed by atoms with Crippen LogP contribution >= 0.6 is 15.9 Å². The number of hydrogen-bond acceptors (Lipinski definition) is 3. The minimum atomic E-state index is -0.0123. The van der Waals surface area contributed by atoms with E-state index in [1.807, 2.05) is 13.0 Å². The van der Waals surface area contributed by atoms with Crippen LogP contribution in [-0.4, -0.2) is 50.3 Å². The second kappa shape index (κ2) is 11.2. The topological polar surface area (TPSA) is 53.6 Å². The number of rotatable bonds is 8. The van der Waals surface area contributed by atoms with Crippen molar-refractivity contribution in [1.29, 1.82) is 0 Å². The number of benzene rings is 1. The normalized spacial score (nSPS) is 25.0. The van der Waals surface area contributed by atoms with Crippen LogP contribution in [0.3, 0.4) is 0 Å². The average Bonchev–Trinajstić information content (AvgIpc) is 3.17. The molecule has 1 aromatic carbocycles. The van der Waals surface area contributed by atoms with E-state index in [9.17, 15) is 4.79 Å². The molecule has 2 amide bonds. The lowest BCUT2D eigenvalue weighted by atomic mass is 9.84. The molecule has 0 bridgehead atoms. The number of methoxy groups -OCH3 is 1. The zero-order chi connectivity index (χ0) is 20.6. The van der Waals surface area contributed by atoms with E-state index in [1.165, 1.54) is 55.4 Å². The van der Waals surface area contributed by atoms with E-state index in [0.717, 1.165) is 36.8 Å². The first-order valence-electron chi connectivity index (χ1n) is 11.2. The summed E-state index contributed by atoms with van der Waals surface area (Å²) in [6.45, 7) is 6.29. The van der Waals surface area contributed by atoms with Crippen molar-refractivity contribution < 1.29 is 9.53 Å². The van der Waals surface area contributed by atoms with E-state index >= 15 is 0 Å². The fourth-order valence-electron chi connectivity index (χ4n) is 4.79. The van der Waals surface area contributed by atoms with Crippen LogP contribution in [0.4, 0.5) is 4.79 Å². The van der Waals surface area contributed by atoms with Crippen molar-refractivity contribution in [3.05, 3.63) is 28.2 Å². The summed E-state index contributed by atoms with van der Waals surface area (Å²) < 4.78 is 6.57. The number of nitrogens with zero attached hydrogens (tertiary/aromatic N) is 1. The van der Waals surface area contributed by atoms with Crippen molar-refractivity contribution in [2.75, 3.05) is 33.3 Å². The van der Waals surface area contributed by atoms with E-state index in [4.69, 9.17) is 4.74 Å². The highest BCUT2D eigenvalue weighted by Crippen LogP contribution is 2.30. The number of hydrogen-bond donors (Lipinski definition) is 2. The molecule has 29 heavy (non-hydrogen) atoms. The van der Waals surface area contributed by atoms with E-state index in [0.29, 0.717) is 12.6 Å². The molecular weight excluding hydrogens is 430 g/mol. The molecule has 1 heterocycles. The van der Waals surface area contributed by atoms with E-state index in [-0.39, 0.29) is 6.03 Å². The van der Waals surface area contributed by atoms with Crippen LogP contribution in [0.5, 0.6) is 5.75 Å². The molecule has 5 nitrogen and oxygen atoms in total. The van der Waals surface area contributed by atoms with Gasteiger partial charge in [-0.2, -0.15) is 0 Å². The second-order valence-corrected chi connectivity index (χ2v) is 9.48. The molecule has 0 spiro atoms. The highest BCUT2D eigenvalue weighted by atomic mass is 79.9. The van der Waals surface area contributed by atoms with Gasteiger partial charge in [-0.3, -0.25) is 0 Å². The minimum absolute atomic E-state index is 0.0123. The maximum absolute atomic E-state index is 11.7. The summed E-state index contributed by atoms with van der Waals surface area (Å²) >= 11 is 3.69.